The van der Waals surface area contributed by atoms with Gasteiger partial charge in [-0.25, -0.2) is 12.1 Å². The van der Waals surface area contributed by atoms with Gasteiger partial charge in [-0.2, -0.15) is 24.6 Å². The van der Waals surface area contributed by atoms with Gasteiger partial charge in [0.05, 0.1) is 0 Å². The van der Waals surface area contributed by atoms with Crippen molar-refractivity contribution in [3.63, 3.8) is 0 Å². The Morgan fingerprint density at radius 3 is 1.80 bits per heavy atom. The summed E-state index contributed by atoms with van der Waals surface area (Å²) in [6, 6.07) is 10.0. The third-order valence-electron chi connectivity index (χ3n) is 0.909. The van der Waals surface area contributed by atoms with E-state index in [4.69, 9.17) is 0 Å². The second kappa shape index (κ2) is 11.7. The van der Waals surface area contributed by atoms with Gasteiger partial charge in [0, 0.05) is 0 Å². The summed E-state index contributed by atoms with van der Waals surface area (Å²) in [7, 11) is 0. The Hall–Kier alpha value is -0.0266. The summed E-state index contributed by atoms with van der Waals surface area (Å²) in [4.78, 5) is 0. The van der Waals surface area contributed by atoms with Gasteiger partial charge in [-0.05, 0) is 0 Å². The Kier molecular flexibility index (Phi) is 14.8. The molecule has 10 heavy (non-hydrogen) atoms. The number of unbranched alkanes of at least 4 members (excludes halogenated alkanes) is 1. The fraction of sp³-hybridized carbons (Fsp3) is 0.333. The molecule has 0 saturated carbocycles. The second-order valence-corrected chi connectivity index (χ2v) is 1.82. The predicted octanol–water partition coefficient (Wildman–Crippen LogP) is 3.02. The molecule has 0 aromatic heterocycles. The normalized spacial score (nSPS) is 7.00. The van der Waals surface area contributed by atoms with Crippen molar-refractivity contribution >= 4 is 0 Å². The first-order chi connectivity index (χ1) is 4.41. The largest absolute Gasteiger partial charge is 2.00 e. The molecule has 0 bridgehead atoms. The van der Waals surface area contributed by atoms with Crippen molar-refractivity contribution in [1.82, 2.24) is 0 Å². The van der Waals surface area contributed by atoms with Gasteiger partial charge in [-0.1, -0.05) is 13.3 Å². The Labute approximate surface area is 76.8 Å². The van der Waals surface area contributed by atoms with Crippen molar-refractivity contribution in [2.24, 2.45) is 0 Å². The van der Waals surface area contributed by atoms with Crippen molar-refractivity contribution in [3.8, 4) is 0 Å². The van der Waals surface area contributed by atoms with Crippen LogP contribution in [0, 0.1) is 6.92 Å². The van der Waals surface area contributed by atoms with Gasteiger partial charge in [-0.3, -0.25) is 0 Å². The minimum Gasteiger partial charge on any atom is -0.343 e. The van der Waals surface area contributed by atoms with Crippen LogP contribution < -0.4 is 0 Å². The molecule has 1 heteroatoms. The van der Waals surface area contributed by atoms with Crippen LogP contribution in [0.15, 0.2) is 30.3 Å². The standard InChI is InChI=1S/C5H5.C4H9.Ru/c1-2-4-5-3-1;1-3-4-2;/h1-5H;1,3-4H2,2H3;/q2*-1;+2. The van der Waals surface area contributed by atoms with E-state index in [1.165, 1.54) is 6.42 Å². The van der Waals surface area contributed by atoms with Crippen LogP contribution in [0.25, 0.3) is 0 Å². The SMILES string of the molecule is [CH2-]CCC.[Ru+2].c1cc[cH-]c1. The van der Waals surface area contributed by atoms with Gasteiger partial charge >= 0.3 is 19.5 Å². The quantitative estimate of drug-likeness (QED) is 0.507. The maximum absolute atomic E-state index is 3.60. The van der Waals surface area contributed by atoms with E-state index >= 15 is 0 Å². The zero-order valence-electron chi connectivity index (χ0n) is 6.36. The average Bonchev–Trinajstić information content (AvgIpc) is 2.43. The van der Waals surface area contributed by atoms with Gasteiger partial charge in [0.1, 0.15) is 0 Å². The van der Waals surface area contributed by atoms with E-state index in [1.54, 1.807) is 0 Å². The van der Waals surface area contributed by atoms with Crippen molar-refractivity contribution in [3.05, 3.63) is 37.3 Å². The molecular weight excluding hydrogens is 209 g/mol. The molecule has 0 aliphatic rings. The molecule has 1 rings (SSSR count). The van der Waals surface area contributed by atoms with Crippen LogP contribution in [-0.2, 0) is 19.5 Å². The molecule has 58 valence electrons. The van der Waals surface area contributed by atoms with Crippen LogP contribution in [0.5, 0.6) is 0 Å². The van der Waals surface area contributed by atoms with Crippen molar-refractivity contribution in [2.45, 2.75) is 19.8 Å². The van der Waals surface area contributed by atoms with Crippen LogP contribution in [0.3, 0.4) is 0 Å². The summed E-state index contributed by atoms with van der Waals surface area (Å²) in [5.74, 6) is 0. The molecule has 0 atom stereocenters. The predicted molar refractivity (Wildman–Crippen MR) is 42.3 cm³/mol. The molecule has 0 fully saturated rings. The van der Waals surface area contributed by atoms with E-state index in [0.717, 1.165) is 6.42 Å². The van der Waals surface area contributed by atoms with E-state index in [2.05, 4.69) is 13.8 Å². The molecule has 0 spiro atoms. The van der Waals surface area contributed by atoms with Crippen molar-refractivity contribution in [2.75, 3.05) is 0 Å². The van der Waals surface area contributed by atoms with Gasteiger partial charge < -0.3 is 6.92 Å². The Balaban J connectivity index is 0. The third-order valence-corrected chi connectivity index (χ3v) is 0.909. The number of rotatable bonds is 1. The summed E-state index contributed by atoms with van der Waals surface area (Å²) < 4.78 is 0. The Morgan fingerprint density at radius 2 is 1.70 bits per heavy atom. The minimum absolute atomic E-state index is 0. The summed E-state index contributed by atoms with van der Waals surface area (Å²) >= 11 is 0. The second-order valence-electron chi connectivity index (χ2n) is 1.82. The first-order valence-electron chi connectivity index (χ1n) is 3.37. The van der Waals surface area contributed by atoms with E-state index in [-0.39, 0.29) is 19.5 Å². The fourth-order valence-corrected chi connectivity index (χ4v) is 0.321. The molecule has 0 N–H and O–H groups in total. The van der Waals surface area contributed by atoms with E-state index in [9.17, 15) is 0 Å². The molecule has 0 unspecified atom stereocenters. The Bertz CT molecular complexity index is 80.3. The number of hydrogen-bond acceptors (Lipinski definition) is 0. The van der Waals surface area contributed by atoms with Gasteiger partial charge in [0.25, 0.3) is 0 Å². The van der Waals surface area contributed by atoms with E-state index in [1.807, 2.05) is 30.3 Å². The summed E-state index contributed by atoms with van der Waals surface area (Å²) in [6.45, 7) is 5.72. The molecule has 0 heterocycles. The van der Waals surface area contributed by atoms with Crippen LogP contribution in [-0.4, -0.2) is 0 Å². The van der Waals surface area contributed by atoms with Crippen molar-refractivity contribution in [1.29, 1.82) is 0 Å². The zero-order valence-corrected chi connectivity index (χ0v) is 8.10. The molecule has 0 aliphatic heterocycles. The zero-order chi connectivity index (χ0) is 6.95. The van der Waals surface area contributed by atoms with Crippen LogP contribution in [0.2, 0.25) is 0 Å². The van der Waals surface area contributed by atoms with Crippen molar-refractivity contribution < 1.29 is 19.5 Å². The molecular formula is C9H14Ru. The van der Waals surface area contributed by atoms with Gasteiger partial charge in [0.15, 0.2) is 0 Å². The number of hydrogen-bond donors (Lipinski definition) is 0. The third kappa shape index (κ3) is 10.9. The first-order valence-corrected chi connectivity index (χ1v) is 3.37. The van der Waals surface area contributed by atoms with Gasteiger partial charge in [-0.15, -0.1) is 0 Å². The van der Waals surface area contributed by atoms with E-state index < -0.39 is 0 Å². The maximum Gasteiger partial charge on any atom is 2.00 e. The Morgan fingerprint density at radius 1 is 1.30 bits per heavy atom. The molecule has 0 amide bonds. The minimum atomic E-state index is 0. The molecule has 0 radical (unpaired) electrons. The molecule has 0 aliphatic carbocycles. The molecule has 0 saturated heterocycles. The summed E-state index contributed by atoms with van der Waals surface area (Å²) in [5, 5.41) is 0. The van der Waals surface area contributed by atoms with Crippen LogP contribution >= 0.6 is 0 Å². The fourth-order valence-electron chi connectivity index (χ4n) is 0.321. The monoisotopic (exact) mass is 224 g/mol. The molecule has 0 nitrogen and oxygen atoms in total. The topological polar surface area (TPSA) is 0 Å². The first kappa shape index (κ1) is 12.6. The maximum atomic E-state index is 3.60. The summed E-state index contributed by atoms with van der Waals surface area (Å²) in [6.07, 6.45) is 2.28. The molecule has 1 aromatic rings. The van der Waals surface area contributed by atoms with E-state index in [0.29, 0.717) is 0 Å². The summed E-state index contributed by atoms with van der Waals surface area (Å²) in [5.41, 5.74) is 0. The van der Waals surface area contributed by atoms with Crippen LogP contribution in [0.1, 0.15) is 19.8 Å². The van der Waals surface area contributed by atoms with Gasteiger partial charge in [0.2, 0.25) is 0 Å². The smallest absolute Gasteiger partial charge is 0.343 e. The average molecular weight is 223 g/mol. The van der Waals surface area contributed by atoms with Crippen LogP contribution in [0.4, 0.5) is 0 Å². The molecule has 1 aromatic carbocycles.